The quantitative estimate of drug-likeness (QED) is 0.181. The Morgan fingerprint density at radius 2 is 0.600 bits per heavy atom. The van der Waals surface area contributed by atoms with E-state index in [1.165, 1.54) is 0 Å². The first-order chi connectivity index (χ1) is 24.6. The molecule has 0 saturated heterocycles. The summed E-state index contributed by atoms with van der Waals surface area (Å²) in [5, 5.41) is 1.40. The molecule has 238 valence electrons. The molecule has 0 aliphatic carbocycles. The van der Waals surface area contributed by atoms with E-state index in [9.17, 15) is 0 Å². The Hall–Kier alpha value is -5.10. The lowest BCUT2D eigenvalue weighted by Gasteiger charge is -2.06. The van der Waals surface area contributed by atoms with Crippen LogP contribution in [0.15, 0.2) is 133 Å². The van der Waals surface area contributed by atoms with Crippen molar-refractivity contribution in [2.24, 2.45) is 0 Å². The molecule has 2 nitrogen and oxygen atoms in total. The summed E-state index contributed by atoms with van der Waals surface area (Å²) in [4.78, 5) is 10.8. The molecular weight excluding hydrogens is 692 g/mol. The molecule has 2 aliphatic rings. The van der Waals surface area contributed by atoms with Crippen LogP contribution in [0.5, 0.6) is 0 Å². The molecule has 0 unspecified atom stereocenters. The Morgan fingerprint density at radius 1 is 0.320 bits per heavy atom. The highest BCUT2D eigenvalue weighted by Crippen LogP contribution is 2.43. The third kappa shape index (κ3) is 5.70. The van der Waals surface area contributed by atoms with Crippen LogP contribution in [0.1, 0.15) is 22.8 Å². The highest BCUT2D eigenvalue weighted by Gasteiger charge is 2.19. The molecule has 0 fully saturated rings. The van der Waals surface area contributed by atoms with Crippen molar-refractivity contribution < 1.29 is 0 Å². The molecule has 2 aliphatic heterocycles. The van der Waals surface area contributed by atoms with Gasteiger partial charge in [0.25, 0.3) is 0 Å². The van der Waals surface area contributed by atoms with Crippen molar-refractivity contribution in [1.82, 2.24) is 9.97 Å². The maximum absolute atomic E-state index is 6.38. The van der Waals surface area contributed by atoms with Crippen LogP contribution in [0.2, 0.25) is 10.0 Å². The number of aromatic nitrogens is 2. The smallest absolute Gasteiger partial charge is 0.0730 e. The minimum absolute atomic E-state index is 0.700. The number of halogens is 2. The number of hydrogen-bond acceptors (Lipinski definition) is 4. The summed E-state index contributed by atoms with van der Waals surface area (Å²) in [5.41, 5.74) is 12.3. The van der Waals surface area contributed by atoms with E-state index in [1.807, 2.05) is 24.3 Å². The van der Waals surface area contributed by atoms with Gasteiger partial charge in [-0.05, 0) is 95.1 Å². The fraction of sp³-hybridized carbons (Fsp3) is 0. The van der Waals surface area contributed by atoms with Gasteiger partial charge in [-0.15, -0.1) is 22.7 Å². The minimum Gasteiger partial charge on any atom is -0.248 e. The van der Waals surface area contributed by atoms with Crippen molar-refractivity contribution >= 4 is 89.0 Å². The zero-order chi connectivity index (χ0) is 33.6. The van der Waals surface area contributed by atoms with Crippen molar-refractivity contribution in [3.63, 3.8) is 0 Å². The number of thiophene rings is 2. The zero-order valence-corrected chi connectivity index (χ0v) is 29.6. The second-order valence-electron chi connectivity index (χ2n) is 12.0. The lowest BCUT2D eigenvalue weighted by molar-refractivity contribution is 1.33. The summed E-state index contributed by atoms with van der Waals surface area (Å²) in [5.74, 6) is 0. The Bertz CT molecular complexity index is 2450. The first kappa shape index (κ1) is 30.9. The third-order valence-electron chi connectivity index (χ3n) is 8.89. The van der Waals surface area contributed by atoms with Gasteiger partial charge in [0.1, 0.15) is 0 Å². The summed E-state index contributed by atoms with van der Waals surface area (Å²) in [6.45, 7) is 0. The normalized spacial score (nSPS) is 12.0. The van der Waals surface area contributed by atoms with Gasteiger partial charge in [0.2, 0.25) is 0 Å². The molecule has 8 bridgehead atoms. The Balaban J connectivity index is 1.47. The zero-order valence-electron chi connectivity index (χ0n) is 26.5. The molecule has 9 rings (SSSR count). The van der Waals surface area contributed by atoms with E-state index in [0.717, 1.165) is 86.1 Å². The van der Waals surface area contributed by atoms with Crippen LogP contribution in [-0.4, -0.2) is 9.97 Å². The molecule has 50 heavy (non-hydrogen) atoms. The SMILES string of the molecule is Clc1ccc(-c2c3nc(c(-c4ccccc4)c4ccc(s4)c(-c4ccc(Cl)cc4)c4nc(c(-c5ccccc5)c5ccc2s5)C=C4)C=C3)cc1. The van der Waals surface area contributed by atoms with Gasteiger partial charge >= 0.3 is 0 Å². The van der Waals surface area contributed by atoms with Gasteiger partial charge in [0, 0.05) is 51.1 Å². The molecule has 0 N–H and O–H groups in total. The van der Waals surface area contributed by atoms with Crippen LogP contribution in [0.4, 0.5) is 0 Å². The number of nitrogens with zero attached hydrogens (tertiary/aromatic N) is 2. The van der Waals surface area contributed by atoms with Gasteiger partial charge in [-0.3, -0.25) is 0 Å². The van der Waals surface area contributed by atoms with Gasteiger partial charge < -0.3 is 0 Å². The molecule has 0 saturated carbocycles. The van der Waals surface area contributed by atoms with E-state index in [0.29, 0.717) is 10.0 Å². The van der Waals surface area contributed by atoms with Crippen LogP contribution in [0.3, 0.4) is 0 Å². The highest BCUT2D eigenvalue weighted by molar-refractivity contribution is 7.24. The van der Waals surface area contributed by atoms with Crippen LogP contribution >= 0.6 is 45.9 Å². The number of fused-ring (bicyclic) bond motifs is 8. The molecule has 0 radical (unpaired) electrons. The highest BCUT2D eigenvalue weighted by atomic mass is 35.5. The molecule has 0 amide bonds. The lowest BCUT2D eigenvalue weighted by atomic mass is 10.0. The molecule has 7 aromatic rings. The Morgan fingerprint density at radius 3 is 0.900 bits per heavy atom. The van der Waals surface area contributed by atoms with Crippen LogP contribution in [-0.2, 0) is 0 Å². The predicted molar refractivity (Wildman–Crippen MR) is 218 cm³/mol. The molecule has 6 heteroatoms. The van der Waals surface area contributed by atoms with Crippen molar-refractivity contribution in [1.29, 1.82) is 0 Å². The Kier molecular flexibility index (Phi) is 8.03. The average Bonchev–Trinajstić information content (AvgIpc) is 3.98. The van der Waals surface area contributed by atoms with Crippen molar-refractivity contribution in [2.45, 2.75) is 0 Å². The first-order valence-corrected chi connectivity index (χ1v) is 18.6. The van der Waals surface area contributed by atoms with E-state index in [1.54, 1.807) is 22.7 Å². The second kappa shape index (κ2) is 13.0. The monoisotopic (exact) mass is 716 g/mol. The van der Waals surface area contributed by atoms with E-state index < -0.39 is 0 Å². The standard InChI is InChI=1S/C44H26Cl2N2S2/c45-31-15-11-29(12-16-31)43-35-21-19-33(47-35)41(27-7-3-1-4-8-27)37-23-25-39(49-37)44(30-13-17-32(46)18-14-30)36-22-20-34(48-36)42(28-9-5-2-6-10-28)38-24-26-40(43)50-38/h1-26H. The largest absolute Gasteiger partial charge is 0.248 e. The fourth-order valence-electron chi connectivity index (χ4n) is 6.60. The topological polar surface area (TPSA) is 25.8 Å². The van der Waals surface area contributed by atoms with Gasteiger partial charge in [-0.25, -0.2) is 9.97 Å². The van der Waals surface area contributed by atoms with Gasteiger partial charge in [0.05, 0.1) is 22.8 Å². The Labute approximate surface area is 308 Å². The van der Waals surface area contributed by atoms with Crippen molar-refractivity contribution in [3.8, 4) is 44.5 Å². The average molecular weight is 718 g/mol. The number of hydrogen-bond donors (Lipinski definition) is 0. The van der Waals surface area contributed by atoms with E-state index in [2.05, 4.69) is 133 Å². The minimum atomic E-state index is 0.700. The summed E-state index contributed by atoms with van der Waals surface area (Å²) in [7, 11) is 0. The summed E-state index contributed by atoms with van der Waals surface area (Å²) >= 11 is 16.3. The third-order valence-corrected chi connectivity index (χ3v) is 11.6. The molecule has 5 heterocycles. The summed E-state index contributed by atoms with van der Waals surface area (Å²) in [6.07, 6.45) is 8.59. The van der Waals surface area contributed by atoms with E-state index in [4.69, 9.17) is 33.2 Å². The van der Waals surface area contributed by atoms with Crippen molar-refractivity contribution in [3.05, 3.63) is 166 Å². The van der Waals surface area contributed by atoms with Gasteiger partial charge in [-0.2, -0.15) is 0 Å². The lowest BCUT2D eigenvalue weighted by Crippen LogP contribution is -1.86. The maximum Gasteiger partial charge on any atom is 0.0730 e. The maximum atomic E-state index is 6.38. The molecule has 0 atom stereocenters. The number of rotatable bonds is 4. The van der Waals surface area contributed by atoms with Crippen molar-refractivity contribution in [2.75, 3.05) is 0 Å². The second-order valence-corrected chi connectivity index (χ2v) is 15.0. The summed E-state index contributed by atoms with van der Waals surface area (Å²) in [6, 6.07) is 46.0. The van der Waals surface area contributed by atoms with Crippen LogP contribution in [0.25, 0.3) is 87.6 Å². The fourth-order valence-corrected chi connectivity index (χ4v) is 9.17. The summed E-state index contributed by atoms with van der Waals surface area (Å²) < 4.78 is 4.49. The van der Waals surface area contributed by atoms with E-state index >= 15 is 0 Å². The van der Waals surface area contributed by atoms with Crippen LogP contribution in [0, 0.1) is 0 Å². The van der Waals surface area contributed by atoms with Crippen LogP contribution < -0.4 is 0 Å². The van der Waals surface area contributed by atoms with Gasteiger partial charge in [-0.1, -0.05) is 108 Å². The van der Waals surface area contributed by atoms with E-state index in [-0.39, 0.29) is 0 Å². The molecular formula is C44H26Cl2N2S2. The molecule has 0 spiro atoms. The number of benzene rings is 4. The van der Waals surface area contributed by atoms with Gasteiger partial charge in [0.15, 0.2) is 0 Å². The molecule has 4 aromatic carbocycles. The first-order valence-electron chi connectivity index (χ1n) is 16.2. The predicted octanol–water partition coefficient (Wildman–Crippen LogP) is 14.1. The molecule has 3 aromatic heterocycles.